The fraction of sp³-hybridized carbons (Fsp3) is 0.529. The van der Waals surface area contributed by atoms with Crippen LogP contribution in [0.1, 0.15) is 31.3 Å². The fourth-order valence-corrected chi connectivity index (χ4v) is 4.68. The molecular formula is C17H20N6O4. The van der Waals surface area contributed by atoms with Crippen molar-refractivity contribution < 1.29 is 0 Å². The standard InChI is InChI=1S/C17H20N6O4/c1-18-14(24)20-7-5-10-9-11-6-8-21-15(25)19(2)17(27)23(21)13(11)4-3-12(10)22(20)16(18)26/h5-6,12-13H,3-4,7-9H2,1-2H3/t12-,13-/m0/s1. The third-order valence-electron chi connectivity index (χ3n) is 6.12. The molecule has 0 N–H and O–H groups in total. The van der Waals surface area contributed by atoms with Gasteiger partial charge in [-0.05, 0) is 30.4 Å². The number of fused-ring (bicyclic) bond motifs is 6. The van der Waals surface area contributed by atoms with Gasteiger partial charge >= 0.3 is 22.8 Å². The lowest BCUT2D eigenvalue weighted by atomic mass is 9.97. The van der Waals surface area contributed by atoms with Crippen LogP contribution in [0.4, 0.5) is 0 Å². The molecule has 0 spiro atoms. The van der Waals surface area contributed by atoms with E-state index in [0.717, 1.165) is 20.3 Å². The van der Waals surface area contributed by atoms with Crippen LogP contribution in [0.2, 0.25) is 0 Å². The lowest BCUT2D eigenvalue weighted by Crippen LogP contribution is -2.34. The molecule has 10 heteroatoms. The zero-order chi connectivity index (χ0) is 19.0. The maximum atomic E-state index is 12.6. The number of aromatic nitrogens is 6. The zero-order valence-corrected chi connectivity index (χ0v) is 15.2. The second-order valence-corrected chi connectivity index (χ2v) is 7.45. The maximum absolute atomic E-state index is 12.6. The molecule has 5 rings (SSSR count). The highest BCUT2D eigenvalue weighted by atomic mass is 16.2. The van der Waals surface area contributed by atoms with E-state index in [1.54, 1.807) is 9.36 Å². The first-order chi connectivity index (χ1) is 12.9. The average Bonchev–Trinajstić information content (AvgIpc) is 2.93. The number of rotatable bonds is 0. The fourth-order valence-electron chi connectivity index (χ4n) is 4.68. The normalized spacial score (nSPS) is 23.5. The van der Waals surface area contributed by atoms with Gasteiger partial charge in [0.1, 0.15) is 0 Å². The van der Waals surface area contributed by atoms with Crippen molar-refractivity contribution in [2.24, 2.45) is 14.1 Å². The lowest BCUT2D eigenvalue weighted by Gasteiger charge is -2.26. The SMILES string of the molecule is Cn1c(=O)n2n(c1=O)[C@H]1CC[C@H]3C(=CCn4c(=O)n(C)c(=O)n43)CC1=CC2. The van der Waals surface area contributed by atoms with Crippen molar-refractivity contribution in [1.29, 1.82) is 0 Å². The summed E-state index contributed by atoms with van der Waals surface area (Å²) in [5, 5.41) is 0. The van der Waals surface area contributed by atoms with Crippen molar-refractivity contribution in [2.45, 2.75) is 44.4 Å². The smallest absolute Gasteiger partial charge is 0.246 e. The molecule has 1 aliphatic carbocycles. The third-order valence-corrected chi connectivity index (χ3v) is 6.12. The van der Waals surface area contributed by atoms with Gasteiger partial charge in [-0.2, -0.15) is 0 Å². The van der Waals surface area contributed by atoms with E-state index < -0.39 is 0 Å². The van der Waals surface area contributed by atoms with Gasteiger partial charge in [-0.1, -0.05) is 12.2 Å². The Hall–Kier alpha value is -3.04. The minimum absolute atomic E-state index is 0.203. The highest BCUT2D eigenvalue weighted by molar-refractivity contribution is 5.27. The summed E-state index contributed by atoms with van der Waals surface area (Å²) in [5.74, 6) is 0. The number of hydrogen-bond acceptors (Lipinski definition) is 4. The Morgan fingerprint density at radius 3 is 1.52 bits per heavy atom. The van der Waals surface area contributed by atoms with Gasteiger partial charge in [-0.25, -0.2) is 47.0 Å². The summed E-state index contributed by atoms with van der Waals surface area (Å²) in [7, 11) is 2.98. The molecule has 3 aliphatic rings. The molecule has 1 fully saturated rings. The molecule has 2 aromatic heterocycles. The van der Waals surface area contributed by atoms with E-state index in [2.05, 4.69) is 0 Å². The van der Waals surface area contributed by atoms with Gasteiger partial charge < -0.3 is 0 Å². The lowest BCUT2D eigenvalue weighted by molar-refractivity contribution is 0.330. The Kier molecular flexibility index (Phi) is 3.14. The molecule has 2 aromatic rings. The predicted octanol–water partition coefficient (Wildman–Crippen LogP) is -1.14. The molecule has 2 atom stereocenters. The maximum Gasteiger partial charge on any atom is 0.347 e. The largest absolute Gasteiger partial charge is 0.347 e. The van der Waals surface area contributed by atoms with E-state index >= 15 is 0 Å². The Morgan fingerprint density at radius 1 is 0.704 bits per heavy atom. The van der Waals surface area contributed by atoms with Crippen LogP contribution in [0, 0.1) is 0 Å². The van der Waals surface area contributed by atoms with Crippen molar-refractivity contribution in [3.63, 3.8) is 0 Å². The van der Waals surface area contributed by atoms with Gasteiger partial charge in [0.25, 0.3) is 0 Å². The van der Waals surface area contributed by atoms with E-state index in [9.17, 15) is 19.2 Å². The van der Waals surface area contributed by atoms with Crippen molar-refractivity contribution >= 4 is 0 Å². The quantitative estimate of drug-likeness (QED) is 0.546. The third kappa shape index (κ3) is 1.95. The molecule has 10 nitrogen and oxygen atoms in total. The monoisotopic (exact) mass is 372 g/mol. The van der Waals surface area contributed by atoms with Gasteiger partial charge in [0, 0.05) is 14.1 Å². The molecule has 0 amide bonds. The van der Waals surface area contributed by atoms with Crippen LogP contribution in [-0.2, 0) is 27.2 Å². The first-order valence-electron chi connectivity index (χ1n) is 9.04. The van der Waals surface area contributed by atoms with E-state index in [-0.39, 0.29) is 34.8 Å². The minimum Gasteiger partial charge on any atom is -0.246 e. The molecule has 0 aromatic carbocycles. The van der Waals surface area contributed by atoms with Gasteiger partial charge in [0.2, 0.25) is 0 Å². The van der Waals surface area contributed by atoms with Crippen LogP contribution >= 0.6 is 0 Å². The van der Waals surface area contributed by atoms with E-state index in [4.69, 9.17) is 0 Å². The Balaban J connectivity index is 1.63. The number of hydrogen-bond donors (Lipinski definition) is 0. The summed E-state index contributed by atoms with van der Waals surface area (Å²) in [5.41, 5.74) is 0.924. The molecular weight excluding hydrogens is 352 g/mol. The second-order valence-electron chi connectivity index (χ2n) is 7.45. The average molecular weight is 372 g/mol. The van der Waals surface area contributed by atoms with E-state index in [1.807, 2.05) is 12.2 Å². The Bertz CT molecular complexity index is 1170. The summed E-state index contributed by atoms with van der Waals surface area (Å²) in [6, 6.07) is -0.405. The van der Waals surface area contributed by atoms with E-state index in [1.165, 1.54) is 23.5 Å². The Morgan fingerprint density at radius 2 is 1.11 bits per heavy atom. The van der Waals surface area contributed by atoms with Crippen LogP contribution in [0.3, 0.4) is 0 Å². The number of allylic oxidation sites excluding steroid dienone is 4. The van der Waals surface area contributed by atoms with Gasteiger partial charge in [-0.3, -0.25) is 0 Å². The molecule has 2 aliphatic heterocycles. The summed E-state index contributed by atoms with van der Waals surface area (Å²) in [4.78, 5) is 49.7. The van der Waals surface area contributed by atoms with Crippen LogP contribution in [0.25, 0.3) is 0 Å². The summed E-state index contributed by atoms with van der Waals surface area (Å²) < 4.78 is 8.32. The first kappa shape index (κ1) is 16.2. The van der Waals surface area contributed by atoms with Crippen LogP contribution < -0.4 is 22.8 Å². The zero-order valence-electron chi connectivity index (χ0n) is 15.2. The van der Waals surface area contributed by atoms with Crippen LogP contribution in [0.15, 0.2) is 42.5 Å². The molecule has 0 unspecified atom stereocenters. The molecule has 1 saturated carbocycles. The highest BCUT2D eigenvalue weighted by Crippen LogP contribution is 2.41. The topological polar surface area (TPSA) is 97.9 Å². The van der Waals surface area contributed by atoms with Gasteiger partial charge in [-0.15, -0.1) is 0 Å². The van der Waals surface area contributed by atoms with Crippen molar-refractivity contribution in [2.75, 3.05) is 0 Å². The first-order valence-corrected chi connectivity index (χ1v) is 9.04. The molecule has 0 bridgehead atoms. The Labute approximate surface area is 152 Å². The summed E-state index contributed by atoms with van der Waals surface area (Å²) in [6.07, 6.45) is 5.91. The summed E-state index contributed by atoms with van der Waals surface area (Å²) in [6.45, 7) is 0.739. The minimum atomic E-state index is -0.316. The van der Waals surface area contributed by atoms with Crippen LogP contribution in [0.5, 0.6) is 0 Å². The van der Waals surface area contributed by atoms with E-state index in [0.29, 0.717) is 32.4 Å². The highest BCUT2D eigenvalue weighted by Gasteiger charge is 2.36. The molecule has 0 saturated heterocycles. The molecule has 4 heterocycles. The van der Waals surface area contributed by atoms with Gasteiger partial charge in [0.15, 0.2) is 0 Å². The molecule has 0 radical (unpaired) electrons. The predicted molar refractivity (Wildman–Crippen MR) is 96.0 cm³/mol. The number of nitrogens with zero attached hydrogens (tertiary/aromatic N) is 6. The molecule has 27 heavy (non-hydrogen) atoms. The van der Waals surface area contributed by atoms with Crippen molar-refractivity contribution in [1.82, 2.24) is 27.9 Å². The molecule has 142 valence electrons. The van der Waals surface area contributed by atoms with Crippen molar-refractivity contribution in [3.05, 3.63) is 65.2 Å². The van der Waals surface area contributed by atoms with Crippen LogP contribution in [-0.4, -0.2) is 27.9 Å². The van der Waals surface area contributed by atoms with Gasteiger partial charge in [0.05, 0.1) is 25.2 Å². The van der Waals surface area contributed by atoms with Crippen molar-refractivity contribution in [3.8, 4) is 0 Å². The second kappa shape index (κ2) is 5.24. The summed E-state index contributed by atoms with van der Waals surface area (Å²) >= 11 is 0.